The molecule has 0 spiro atoms. The lowest BCUT2D eigenvalue weighted by Crippen LogP contribution is -2.35. The highest BCUT2D eigenvalue weighted by Crippen LogP contribution is 2.09. The molecule has 17 heteroatoms. The topological polar surface area (TPSA) is 245 Å². The van der Waals surface area contributed by atoms with Gasteiger partial charge in [-0.05, 0) is 0 Å². The molecule has 2 atom stereocenters. The zero-order valence-electron chi connectivity index (χ0n) is 13.1. The molecule has 0 aromatic rings. The molecule has 0 saturated heterocycles. The molecule has 0 amide bonds. The van der Waals surface area contributed by atoms with Crippen LogP contribution >= 0.6 is 0 Å². The Kier molecular flexibility index (Phi) is 9.24. The number of carboxylic acids is 2. The smallest absolute Gasteiger partial charge is 0.363 e. The molecular weight excluding hydrogens is 424 g/mol. The fourth-order valence-electron chi connectivity index (χ4n) is 1.36. The van der Waals surface area contributed by atoms with E-state index >= 15 is 0 Å². The first kappa shape index (κ1) is 24.7. The van der Waals surface area contributed by atoms with Crippen LogP contribution < -0.4 is 0 Å². The average Bonchev–Trinajstić information content (AvgIpc) is 2.47. The summed E-state index contributed by atoms with van der Waals surface area (Å²) < 4.78 is 65.4. The van der Waals surface area contributed by atoms with Crippen molar-refractivity contribution >= 4 is 44.1 Å². The van der Waals surface area contributed by atoms with Crippen LogP contribution in [-0.4, -0.2) is 83.7 Å². The maximum atomic E-state index is 11.4. The molecule has 0 heterocycles. The van der Waals surface area contributed by atoms with Gasteiger partial charge >= 0.3 is 23.9 Å². The maximum Gasteiger partial charge on any atom is 0.363 e. The third-order valence-electron chi connectivity index (χ3n) is 2.52. The monoisotopic (exact) mass is 438 g/mol. The van der Waals surface area contributed by atoms with E-state index in [0.29, 0.717) is 0 Å². The Morgan fingerprint density at radius 2 is 1.15 bits per heavy atom. The number of carbonyl (C=O) groups is 4. The fraction of sp³-hybridized carbons (Fsp3) is 0.600. The Balaban J connectivity index is 4.56. The Morgan fingerprint density at radius 3 is 1.52 bits per heavy atom. The van der Waals surface area contributed by atoms with Crippen molar-refractivity contribution in [2.75, 3.05) is 13.2 Å². The van der Waals surface area contributed by atoms with E-state index in [4.69, 9.17) is 19.3 Å². The van der Waals surface area contributed by atoms with Crippen molar-refractivity contribution in [3.8, 4) is 0 Å². The van der Waals surface area contributed by atoms with Gasteiger partial charge in [-0.1, -0.05) is 0 Å². The van der Waals surface area contributed by atoms with Crippen molar-refractivity contribution in [3.63, 3.8) is 0 Å². The van der Waals surface area contributed by atoms with Crippen LogP contribution in [0.5, 0.6) is 0 Å². The summed E-state index contributed by atoms with van der Waals surface area (Å²) >= 11 is 0. The third kappa shape index (κ3) is 9.80. The first-order chi connectivity index (χ1) is 12.2. The summed E-state index contributed by atoms with van der Waals surface area (Å²) in [5.41, 5.74) is 0. The summed E-state index contributed by atoms with van der Waals surface area (Å²) in [4.78, 5) is 51.7. The molecule has 0 rings (SSSR count). The first-order valence-corrected chi connectivity index (χ1v) is 9.53. The van der Waals surface area contributed by atoms with Gasteiger partial charge in [-0.15, -0.1) is 0 Å². The second-order valence-corrected chi connectivity index (χ2v) is 7.79. The number of hydrogen-bond acceptors (Lipinski definition) is 11. The summed E-state index contributed by atoms with van der Waals surface area (Å²) in [5.74, 6) is -6.93. The summed E-state index contributed by atoms with van der Waals surface area (Å²) in [6, 6.07) is 0. The minimum absolute atomic E-state index is 0.811. The molecule has 0 aliphatic heterocycles. The molecule has 0 radical (unpaired) electrons. The highest BCUT2D eigenvalue weighted by Gasteiger charge is 2.36. The van der Waals surface area contributed by atoms with Crippen molar-refractivity contribution in [2.24, 2.45) is 0 Å². The van der Waals surface area contributed by atoms with E-state index in [2.05, 4.69) is 14.5 Å². The molecule has 0 aliphatic rings. The van der Waals surface area contributed by atoms with E-state index in [1.807, 2.05) is 0 Å². The van der Waals surface area contributed by atoms with Gasteiger partial charge in [-0.3, -0.25) is 28.4 Å². The molecule has 0 fully saturated rings. The molecule has 15 nitrogen and oxygen atoms in total. The average molecular weight is 438 g/mol. The molecule has 0 aliphatic carbocycles. The molecule has 0 bridgehead atoms. The molecular formula is C10H14O15S2. The molecule has 0 aromatic carbocycles. The van der Waals surface area contributed by atoms with Crippen LogP contribution in [0.3, 0.4) is 0 Å². The van der Waals surface area contributed by atoms with Crippen LogP contribution in [0.4, 0.5) is 0 Å². The Labute approximate surface area is 151 Å². The lowest BCUT2D eigenvalue weighted by Gasteiger charge is -2.12. The predicted octanol–water partition coefficient (Wildman–Crippen LogP) is -2.53. The summed E-state index contributed by atoms with van der Waals surface area (Å²) in [6.45, 7) is -1.64. The quantitative estimate of drug-likeness (QED) is 0.0806. The number of carbonyl (C=O) groups excluding carboxylic acids is 2. The second-order valence-electron chi connectivity index (χ2n) is 4.59. The molecule has 0 aromatic heterocycles. The van der Waals surface area contributed by atoms with Crippen molar-refractivity contribution in [2.45, 2.75) is 23.3 Å². The SMILES string of the molecule is O=C(O)CC(C(=O)OCCOOC(=O)C(CC(=O)O)S(=O)(=O)O)S(=O)(=O)O. The third-order valence-corrected chi connectivity index (χ3v) is 4.67. The highest BCUT2D eigenvalue weighted by atomic mass is 32.2. The van der Waals surface area contributed by atoms with Gasteiger partial charge in [0.05, 0.1) is 12.8 Å². The van der Waals surface area contributed by atoms with Crippen LogP contribution in [0.25, 0.3) is 0 Å². The van der Waals surface area contributed by atoms with Crippen LogP contribution in [-0.2, 0) is 53.9 Å². The van der Waals surface area contributed by atoms with E-state index in [9.17, 15) is 36.0 Å². The molecule has 156 valence electrons. The Morgan fingerprint density at radius 1 is 0.741 bits per heavy atom. The van der Waals surface area contributed by atoms with Gasteiger partial charge in [0.1, 0.15) is 13.2 Å². The van der Waals surface area contributed by atoms with Gasteiger partial charge in [0.15, 0.2) is 10.5 Å². The normalized spacial score (nSPS) is 14.0. The zero-order valence-corrected chi connectivity index (χ0v) is 14.7. The van der Waals surface area contributed by atoms with Gasteiger partial charge in [-0.2, -0.15) is 21.7 Å². The zero-order chi connectivity index (χ0) is 21.4. The summed E-state index contributed by atoms with van der Waals surface area (Å²) in [7, 11) is -10.2. The molecule has 2 unspecified atom stereocenters. The summed E-state index contributed by atoms with van der Waals surface area (Å²) in [5, 5.41) is 12.0. The predicted molar refractivity (Wildman–Crippen MR) is 78.2 cm³/mol. The van der Waals surface area contributed by atoms with Crippen LogP contribution in [0.2, 0.25) is 0 Å². The molecule has 0 saturated carbocycles. The second kappa shape index (κ2) is 10.1. The van der Waals surface area contributed by atoms with Gasteiger partial charge in [0.25, 0.3) is 20.2 Å². The number of hydrogen-bond donors (Lipinski definition) is 4. The maximum absolute atomic E-state index is 11.4. The largest absolute Gasteiger partial charge is 0.481 e. The minimum Gasteiger partial charge on any atom is -0.481 e. The Bertz CT molecular complexity index is 713. The summed E-state index contributed by atoms with van der Waals surface area (Å²) in [6.07, 6.45) is -2.63. The van der Waals surface area contributed by atoms with Gasteiger partial charge in [-0.25, -0.2) is 4.79 Å². The number of carboxylic acid groups (broad SMARTS) is 2. The number of ether oxygens (including phenoxy) is 1. The standard InChI is InChI=1S/C10H14O15S2/c11-7(12)3-5(26(17,18)19)9(15)23-1-2-24-25-10(16)6(4-8(13)14)27(20,21)22/h5-6H,1-4H2,(H,11,12)(H,13,14)(H,17,18,19)(H,20,21,22). The van der Waals surface area contributed by atoms with Gasteiger partial charge in [0.2, 0.25) is 0 Å². The highest BCUT2D eigenvalue weighted by molar-refractivity contribution is 7.87. The van der Waals surface area contributed by atoms with Crippen LogP contribution in [0.1, 0.15) is 12.8 Å². The number of esters is 1. The van der Waals surface area contributed by atoms with E-state index in [0.717, 1.165) is 0 Å². The van der Waals surface area contributed by atoms with Crippen molar-refractivity contribution in [3.05, 3.63) is 0 Å². The van der Waals surface area contributed by atoms with E-state index in [1.165, 1.54) is 0 Å². The lowest BCUT2D eigenvalue weighted by atomic mass is 10.3. The van der Waals surface area contributed by atoms with Crippen LogP contribution in [0.15, 0.2) is 0 Å². The molecule has 27 heavy (non-hydrogen) atoms. The van der Waals surface area contributed by atoms with Crippen molar-refractivity contribution in [1.82, 2.24) is 0 Å². The number of aliphatic carboxylic acids is 2. The molecule has 4 N–H and O–H groups in total. The van der Waals surface area contributed by atoms with E-state index < -0.39 is 80.7 Å². The van der Waals surface area contributed by atoms with E-state index in [1.54, 1.807) is 0 Å². The van der Waals surface area contributed by atoms with Crippen LogP contribution in [0, 0.1) is 0 Å². The van der Waals surface area contributed by atoms with Crippen molar-refractivity contribution < 1.29 is 69.8 Å². The van der Waals surface area contributed by atoms with Gasteiger partial charge in [0, 0.05) is 0 Å². The Hall–Kier alpha value is -2.34. The van der Waals surface area contributed by atoms with E-state index in [-0.39, 0.29) is 0 Å². The van der Waals surface area contributed by atoms with Crippen molar-refractivity contribution in [1.29, 1.82) is 0 Å². The lowest BCUT2D eigenvalue weighted by molar-refractivity contribution is -0.275. The number of rotatable bonds is 12. The van der Waals surface area contributed by atoms with Gasteiger partial charge < -0.3 is 14.9 Å². The fourth-order valence-corrected chi connectivity index (χ4v) is 2.66. The first-order valence-electron chi connectivity index (χ1n) is 6.52. The minimum atomic E-state index is -5.13.